The van der Waals surface area contributed by atoms with Gasteiger partial charge in [0.05, 0.1) is 22.7 Å². The number of hydrogen-bond acceptors (Lipinski definition) is 2. The third kappa shape index (κ3) is 4.61. The van der Waals surface area contributed by atoms with E-state index >= 15 is 0 Å². The Morgan fingerprint density at radius 2 is 0.792 bits per heavy atom. The first-order valence-electron chi connectivity index (χ1n) is 17.2. The van der Waals surface area contributed by atoms with Gasteiger partial charge < -0.3 is 9.80 Å². The van der Waals surface area contributed by atoms with Crippen LogP contribution in [0, 0.1) is 0 Å². The van der Waals surface area contributed by atoms with E-state index in [0.717, 1.165) is 0 Å². The molecule has 0 atom stereocenters. The normalized spacial score (nSPS) is 15.6. The largest absolute Gasteiger partial charge is 0.310 e. The lowest BCUT2D eigenvalue weighted by molar-refractivity contribution is 0.580. The summed E-state index contributed by atoms with van der Waals surface area (Å²) in [4.78, 5) is 4.91. The Balaban J connectivity index is 1.26. The lowest BCUT2D eigenvalue weighted by Crippen LogP contribution is -2.31. The first-order valence-corrected chi connectivity index (χ1v) is 17.2. The van der Waals surface area contributed by atoms with E-state index in [-0.39, 0.29) is 16.2 Å². The maximum atomic E-state index is 2.47. The minimum Gasteiger partial charge on any atom is -0.310 e. The molecule has 2 aliphatic rings. The van der Waals surface area contributed by atoms with Crippen LogP contribution in [-0.2, 0) is 16.2 Å². The van der Waals surface area contributed by atoms with Crippen molar-refractivity contribution in [2.24, 2.45) is 0 Å². The first kappa shape index (κ1) is 30.3. The molecule has 6 aromatic carbocycles. The zero-order chi connectivity index (χ0) is 33.4. The van der Waals surface area contributed by atoms with Crippen molar-refractivity contribution in [2.75, 3.05) is 9.80 Å². The predicted octanol–water partition coefficient (Wildman–Crippen LogP) is 12.9. The van der Waals surface area contributed by atoms with Gasteiger partial charge in [0.25, 0.3) is 0 Å². The van der Waals surface area contributed by atoms with E-state index in [1.165, 1.54) is 73.1 Å². The van der Waals surface area contributed by atoms with Crippen LogP contribution in [0.2, 0.25) is 0 Å². The molecular weight excluding hydrogens is 581 g/mol. The molecule has 2 heteroatoms. The Kier molecular flexibility index (Phi) is 6.76. The third-order valence-electron chi connectivity index (χ3n) is 10.8. The van der Waals surface area contributed by atoms with Crippen molar-refractivity contribution in [3.8, 4) is 11.1 Å². The molecule has 0 saturated heterocycles. The van der Waals surface area contributed by atoms with Crippen molar-refractivity contribution in [1.82, 2.24) is 0 Å². The average molecular weight is 625 g/mol. The maximum absolute atomic E-state index is 2.47. The van der Waals surface area contributed by atoms with E-state index in [2.05, 4.69) is 198 Å². The molecule has 0 spiro atoms. The van der Waals surface area contributed by atoms with Crippen molar-refractivity contribution < 1.29 is 0 Å². The summed E-state index contributed by atoms with van der Waals surface area (Å²) in [7, 11) is 0. The highest BCUT2D eigenvalue weighted by atomic mass is 15.2. The fourth-order valence-electron chi connectivity index (χ4n) is 8.04. The fraction of sp³-hybridized carbons (Fsp3) is 0.217. The summed E-state index contributed by atoms with van der Waals surface area (Å²) in [6.45, 7) is 16.3. The second kappa shape index (κ2) is 10.7. The Hall–Kier alpha value is -5.08. The number of hydrogen-bond donors (Lipinski definition) is 0. The van der Waals surface area contributed by atoms with E-state index in [1.54, 1.807) is 0 Å². The Morgan fingerprint density at radius 3 is 1.23 bits per heavy atom. The molecule has 2 aliphatic heterocycles. The highest BCUT2D eigenvalue weighted by molar-refractivity contribution is 5.90. The molecule has 0 radical (unpaired) electrons. The van der Waals surface area contributed by atoms with Crippen molar-refractivity contribution in [1.29, 1.82) is 0 Å². The van der Waals surface area contributed by atoms with E-state index in [9.17, 15) is 0 Å². The molecule has 2 nitrogen and oxygen atoms in total. The topological polar surface area (TPSA) is 6.48 Å². The zero-order valence-electron chi connectivity index (χ0n) is 29.2. The quantitative estimate of drug-likeness (QED) is 0.193. The fourth-order valence-corrected chi connectivity index (χ4v) is 8.04. The van der Waals surface area contributed by atoms with Gasteiger partial charge in [-0.05, 0) is 92.9 Å². The molecular formula is C46H44N2. The summed E-state index contributed by atoms with van der Waals surface area (Å²) in [5, 5.41) is 0. The van der Waals surface area contributed by atoms with Gasteiger partial charge in [-0.1, -0.05) is 139 Å². The SMILES string of the molecule is CC(C)(C)c1ccc2c(c1)C(C)(C)c1ccccc1N2c1cccc(-c2cccc(N3c4ccccc4C(C)(C)c4ccccc43)c2)c1. The van der Waals surface area contributed by atoms with Crippen LogP contribution < -0.4 is 9.80 Å². The van der Waals surface area contributed by atoms with E-state index < -0.39 is 0 Å². The summed E-state index contributed by atoms with van der Waals surface area (Å²) in [6.07, 6.45) is 0. The van der Waals surface area contributed by atoms with Gasteiger partial charge in [0, 0.05) is 22.2 Å². The molecule has 6 aromatic rings. The average Bonchev–Trinajstić information content (AvgIpc) is 3.08. The minimum atomic E-state index is -0.120. The molecule has 238 valence electrons. The predicted molar refractivity (Wildman–Crippen MR) is 204 cm³/mol. The van der Waals surface area contributed by atoms with Gasteiger partial charge in [-0.2, -0.15) is 0 Å². The minimum absolute atomic E-state index is 0.0724. The summed E-state index contributed by atoms with van der Waals surface area (Å²) < 4.78 is 0. The molecule has 0 N–H and O–H groups in total. The van der Waals surface area contributed by atoms with Crippen LogP contribution in [0.1, 0.15) is 76.3 Å². The second-order valence-corrected chi connectivity index (χ2v) is 15.6. The Morgan fingerprint density at radius 1 is 0.396 bits per heavy atom. The van der Waals surface area contributed by atoms with Crippen LogP contribution in [0.15, 0.2) is 140 Å². The van der Waals surface area contributed by atoms with Gasteiger partial charge >= 0.3 is 0 Å². The molecule has 0 amide bonds. The van der Waals surface area contributed by atoms with E-state index in [0.29, 0.717) is 0 Å². The summed E-state index contributed by atoms with van der Waals surface area (Å²) in [6, 6.07) is 51.8. The smallest absolute Gasteiger partial charge is 0.0502 e. The number of para-hydroxylation sites is 3. The standard InChI is InChI=1S/C46H44N2/c1-44(2,3)33-26-27-43-39(30-33)46(6,7)38-22-10-13-25-42(38)48(43)35-19-15-17-32(29-35)31-16-14-18-34(28-31)47-40-23-11-8-20-36(40)45(4,5)37-21-9-12-24-41(37)47/h8-30H,1-7H3. The highest BCUT2D eigenvalue weighted by Crippen LogP contribution is 2.54. The van der Waals surface area contributed by atoms with Gasteiger partial charge in [-0.15, -0.1) is 0 Å². The van der Waals surface area contributed by atoms with Crippen LogP contribution in [0.4, 0.5) is 34.1 Å². The molecule has 0 bridgehead atoms. The van der Waals surface area contributed by atoms with Crippen LogP contribution >= 0.6 is 0 Å². The molecule has 0 aromatic heterocycles. The van der Waals surface area contributed by atoms with Crippen molar-refractivity contribution in [3.05, 3.63) is 167 Å². The highest BCUT2D eigenvalue weighted by Gasteiger charge is 2.38. The van der Waals surface area contributed by atoms with Crippen LogP contribution in [-0.4, -0.2) is 0 Å². The summed E-state index contributed by atoms with van der Waals surface area (Å²) in [5.74, 6) is 0. The van der Waals surface area contributed by atoms with Crippen molar-refractivity contribution in [2.45, 2.75) is 64.7 Å². The van der Waals surface area contributed by atoms with Gasteiger partial charge in [0.2, 0.25) is 0 Å². The van der Waals surface area contributed by atoms with Crippen LogP contribution in [0.25, 0.3) is 11.1 Å². The van der Waals surface area contributed by atoms with Gasteiger partial charge in [0.15, 0.2) is 0 Å². The molecule has 2 heterocycles. The molecule has 0 saturated carbocycles. The second-order valence-electron chi connectivity index (χ2n) is 15.6. The van der Waals surface area contributed by atoms with Gasteiger partial charge in [-0.25, -0.2) is 0 Å². The molecule has 48 heavy (non-hydrogen) atoms. The maximum Gasteiger partial charge on any atom is 0.0502 e. The number of fused-ring (bicyclic) bond motifs is 4. The van der Waals surface area contributed by atoms with Crippen molar-refractivity contribution in [3.63, 3.8) is 0 Å². The van der Waals surface area contributed by atoms with E-state index in [1.807, 2.05) is 0 Å². The number of anilines is 6. The number of nitrogens with zero attached hydrogens (tertiary/aromatic N) is 2. The van der Waals surface area contributed by atoms with Gasteiger partial charge in [-0.3, -0.25) is 0 Å². The summed E-state index contributed by atoms with van der Waals surface area (Å²) >= 11 is 0. The monoisotopic (exact) mass is 624 g/mol. The summed E-state index contributed by atoms with van der Waals surface area (Å²) in [5.41, 5.74) is 16.3. The first-order chi connectivity index (χ1) is 23.0. The molecule has 0 unspecified atom stereocenters. The van der Waals surface area contributed by atoms with Crippen LogP contribution in [0.5, 0.6) is 0 Å². The molecule has 0 aliphatic carbocycles. The Labute approximate surface area is 286 Å². The third-order valence-corrected chi connectivity index (χ3v) is 10.8. The lowest BCUT2D eigenvalue weighted by atomic mass is 9.71. The zero-order valence-corrected chi connectivity index (χ0v) is 29.2. The number of rotatable bonds is 3. The van der Waals surface area contributed by atoms with E-state index in [4.69, 9.17) is 0 Å². The lowest BCUT2D eigenvalue weighted by Gasteiger charge is -2.43. The number of benzene rings is 6. The van der Waals surface area contributed by atoms with Gasteiger partial charge in [0.1, 0.15) is 0 Å². The molecule has 0 fully saturated rings. The molecule has 8 rings (SSSR count). The Bertz CT molecular complexity index is 2150. The van der Waals surface area contributed by atoms with Crippen LogP contribution in [0.3, 0.4) is 0 Å². The van der Waals surface area contributed by atoms with Crippen molar-refractivity contribution >= 4 is 34.1 Å².